The van der Waals surface area contributed by atoms with Gasteiger partial charge in [0.15, 0.2) is 0 Å². The molecule has 6 heteroatoms. The van der Waals surface area contributed by atoms with Gasteiger partial charge < -0.3 is 14.8 Å². The van der Waals surface area contributed by atoms with E-state index in [1.807, 2.05) is 6.92 Å². The molecule has 0 radical (unpaired) electrons. The average molecular weight is 327 g/mol. The monoisotopic (exact) mass is 327 g/mol. The summed E-state index contributed by atoms with van der Waals surface area (Å²) in [6, 6.07) is 0. The standard InChI is InChI=1S/C17H29NO5/c1-5-7-9-14(8-6-2)23-16(20)12-13(3)17(21)22-11-10-15(19)18-4/h14H,3,5-12H2,1-2,4H3,(H,18,19). The van der Waals surface area contributed by atoms with E-state index < -0.39 is 11.9 Å². The lowest BCUT2D eigenvalue weighted by atomic mass is 10.1. The van der Waals surface area contributed by atoms with Gasteiger partial charge in [-0.2, -0.15) is 0 Å². The van der Waals surface area contributed by atoms with Gasteiger partial charge in [-0.15, -0.1) is 0 Å². The molecule has 0 aromatic carbocycles. The molecule has 0 aromatic heterocycles. The molecule has 0 aliphatic carbocycles. The first-order chi connectivity index (χ1) is 10.9. The molecule has 0 saturated carbocycles. The molecule has 0 bridgehead atoms. The van der Waals surface area contributed by atoms with Crippen LogP contribution in [0.5, 0.6) is 0 Å². The van der Waals surface area contributed by atoms with Crippen LogP contribution in [-0.2, 0) is 23.9 Å². The number of carbonyl (C=O) groups excluding carboxylic acids is 3. The molecule has 0 aromatic rings. The Bertz CT molecular complexity index is 406. The number of rotatable bonds is 12. The number of carbonyl (C=O) groups is 3. The fourth-order valence-electron chi connectivity index (χ4n) is 1.95. The molecule has 0 aliphatic rings. The first-order valence-corrected chi connectivity index (χ1v) is 8.19. The van der Waals surface area contributed by atoms with Crippen molar-refractivity contribution >= 4 is 17.8 Å². The first-order valence-electron chi connectivity index (χ1n) is 8.19. The molecule has 0 heterocycles. The molecule has 1 unspecified atom stereocenters. The summed E-state index contributed by atoms with van der Waals surface area (Å²) in [5.74, 6) is -1.36. The smallest absolute Gasteiger partial charge is 0.334 e. The van der Waals surface area contributed by atoms with Gasteiger partial charge in [0.2, 0.25) is 5.91 Å². The highest BCUT2D eigenvalue weighted by molar-refractivity contribution is 5.93. The van der Waals surface area contributed by atoms with Gasteiger partial charge in [-0.05, 0) is 12.8 Å². The Kier molecular flexibility index (Phi) is 11.7. The predicted molar refractivity (Wildman–Crippen MR) is 87.7 cm³/mol. The molecule has 1 amide bonds. The van der Waals surface area contributed by atoms with E-state index in [0.717, 1.165) is 32.1 Å². The molecule has 1 atom stereocenters. The maximum Gasteiger partial charge on any atom is 0.334 e. The third kappa shape index (κ3) is 10.5. The fourth-order valence-corrected chi connectivity index (χ4v) is 1.95. The van der Waals surface area contributed by atoms with Crippen LogP contribution in [0.2, 0.25) is 0 Å². The van der Waals surface area contributed by atoms with E-state index in [4.69, 9.17) is 9.47 Å². The maximum atomic E-state index is 11.9. The summed E-state index contributed by atoms with van der Waals surface area (Å²) in [5.41, 5.74) is 0.0395. The average Bonchev–Trinajstić information content (AvgIpc) is 2.52. The van der Waals surface area contributed by atoms with Crippen molar-refractivity contribution in [2.75, 3.05) is 13.7 Å². The molecule has 6 nitrogen and oxygen atoms in total. The van der Waals surface area contributed by atoms with Crippen LogP contribution >= 0.6 is 0 Å². The Morgan fingerprint density at radius 1 is 1.13 bits per heavy atom. The third-order valence-corrected chi connectivity index (χ3v) is 3.28. The molecular weight excluding hydrogens is 298 g/mol. The maximum absolute atomic E-state index is 11.9. The summed E-state index contributed by atoms with van der Waals surface area (Å²) in [5, 5.41) is 2.42. The van der Waals surface area contributed by atoms with E-state index in [1.165, 1.54) is 7.05 Å². The Morgan fingerprint density at radius 3 is 2.39 bits per heavy atom. The molecular formula is C17H29NO5. The highest BCUT2D eigenvalue weighted by atomic mass is 16.5. The molecule has 132 valence electrons. The van der Waals surface area contributed by atoms with Crippen LogP contribution in [0.1, 0.15) is 58.8 Å². The number of unbranched alkanes of at least 4 members (excludes halogenated alkanes) is 1. The second-order valence-corrected chi connectivity index (χ2v) is 5.38. The second kappa shape index (κ2) is 12.7. The van der Waals surface area contributed by atoms with Crippen molar-refractivity contribution in [1.82, 2.24) is 5.32 Å². The SMILES string of the molecule is C=C(CC(=O)OC(CCC)CCCC)C(=O)OCCC(=O)NC. The van der Waals surface area contributed by atoms with Crippen molar-refractivity contribution in [3.8, 4) is 0 Å². The lowest BCUT2D eigenvalue weighted by molar-refractivity contribution is -0.151. The van der Waals surface area contributed by atoms with E-state index in [9.17, 15) is 14.4 Å². The van der Waals surface area contributed by atoms with Crippen molar-refractivity contribution in [2.45, 2.75) is 64.9 Å². The minimum Gasteiger partial charge on any atom is -0.462 e. The number of amides is 1. The van der Waals surface area contributed by atoms with Gasteiger partial charge in [0.25, 0.3) is 0 Å². The van der Waals surface area contributed by atoms with E-state index >= 15 is 0 Å². The van der Waals surface area contributed by atoms with E-state index in [1.54, 1.807) is 0 Å². The summed E-state index contributed by atoms with van der Waals surface area (Å²) in [7, 11) is 1.50. The Hall–Kier alpha value is -1.85. The van der Waals surface area contributed by atoms with E-state index in [-0.39, 0.29) is 37.0 Å². The van der Waals surface area contributed by atoms with Gasteiger partial charge in [0, 0.05) is 12.6 Å². The quantitative estimate of drug-likeness (QED) is 0.440. The number of ether oxygens (including phenoxy) is 2. The first kappa shape index (κ1) is 21.1. The molecule has 23 heavy (non-hydrogen) atoms. The highest BCUT2D eigenvalue weighted by Crippen LogP contribution is 2.13. The topological polar surface area (TPSA) is 81.7 Å². The Labute approximate surface area is 138 Å². The summed E-state index contributed by atoms with van der Waals surface area (Å²) >= 11 is 0. The van der Waals surface area contributed by atoms with E-state index in [0.29, 0.717) is 0 Å². The molecule has 0 fully saturated rings. The lowest BCUT2D eigenvalue weighted by Gasteiger charge is -2.17. The van der Waals surface area contributed by atoms with Crippen LogP contribution in [0.3, 0.4) is 0 Å². The van der Waals surface area contributed by atoms with E-state index in [2.05, 4.69) is 18.8 Å². The Balaban J connectivity index is 4.17. The minimum atomic E-state index is -0.675. The zero-order valence-electron chi connectivity index (χ0n) is 14.5. The second-order valence-electron chi connectivity index (χ2n) is 5.38. The largest absolute Gasteiger partial charge is 0.462 e. The molecule has 0 rings (SSSR count). The highest BCUT2D eigenvalue weighted by Gasteiger charge is 2.18. The lowest BCUT2D eigenvalue weighted by Crippen LogP contribution is -2.22. The van der Waals surface area contributed by atoms with Gasteiger partial charge in [-0.1, -0.05) is 39.7 Å². The van der Waals surface area contributed by atoms with Crippen molar-refractivity contribution in [3.63, 3.8) is 0 Å². The normalized spacial score (nSPS) is 11.4. The zero-order valence-corrected chi connectivity index (χ0v) is 14.5. The number of nitrogens with one attached hydrogen (secondary N) is 1. The summed E-state index contributed by atoms with van der Waals surface area (Å²) < 4.78 is 10.3. The van der Waals surface area contributed by atoms with Gasteiger partial charge >= 0.3 is 11.9 Å². The van der Waals surface area contributed by atoms with Crippen LogP contribution in [0, 0.1) is 0 Å². The van der Waals surface area contributed by atoms with Gasteiger partial charge in [0.1, 0.15) is 12.7 Å². The predicted octanol–water partition coefficient (Wildman–Crippen LogP) is 2.51. The summed E-state index contributed by atoms with van der Waals surface area (Å²) in [4.78, 5) is 34.6. The zero-order chi connectivity index (χ0) is 17.7. The van der Waals surface area contributed by atoms with Crippen molar-refractivity contribution in [3.05, 3.63) is 12.2 Å². The van der Waals surface area contributed by atoms with Crippen molar-refractivity contribution in [2.24, 2.45) is 0 Å². The molecule has 0 aliphatic heterocycles. The van der Waals surface area contributed by atoms with Crippen LogP contribution < -0.4 is 5.32 Å². The van der Waals surface area contributed by atoms with Gasteiger partial charge in [-0.25, -0.2) is 4.79 Å². The minimum absolute atomic E-state index is 0.0395. The third-order valence-electron chi connectivity index (χ3n) is 3.28. The number of hydrogen-bond donors (Lipinski definition) is 1. The molecule has 0 spiro atoms. The van der Waals surface area contributed by atoms with Crippen LogP contribution in [0.25, 0.3) is 0 Å². The van der Waals surface area contributed by atoms with Crippen LogP contribution in [-0.4, -0.2) is 37.6 Å². The van der Waals surface area contributed by atoms with Gasteiger partial charge in [0.05, 0.1) is 12.8 Å². The van der Waals surface area contributed by atoms with Crippen LogP contribution in [0.4, 0.5) is 0 Å². The molecule has 1 N–H and O–H groups in total. The van der Waals surface area contributed by atoms with Gasteiger partial charge in [-0.3, -0.25) is 9.59 Å². The number of hydrogen-bond acceptors (Lipinski definition) is 5. The molecule has 0 saturated heterocycles. The van der Waals surface area contributed by atoms with Crippen molar-refractivity contribution in [1.29, 1.82) is 0 Å². The fraction of sp³-hybridized carbons (Fsp3) is 0.706. The number of esters is 2. The van der Waals surface area contributed by atoms with Crippen molar-refractivity contribution < 1.29 is 23.9 Å². The Morgan fingerprint density at radius 2 is 1.83 bits per heavy atom. The summed E-state index contributed by atoms with van der Waals surface area (Å²) in [6.45, 7) is 7.63. The summed E-state index contributed by atoms with van der Waals surface area (Å²) in [6.07, 6.45) is 4.41. The van der Waals surface area contributed by atoms with Crippen LogP contribution in [0.15, 0.2) is 12.2 Å².